The van der Waals surface area contributed by atoms with Crippen molar-refractivity contribution in [2.75, 3.05) is 6.61 Å². The summed E-state index contributed by atoms with van der Waals surface area (Å²) >= 11 is 0. The number of aliphatic hydroxyl groups is 1. The summed E-state index contributed by atoms with van der Waals surface area (Å²) in [6.45, 7) is -0.397. The number of pyridine rings is 1. The smallest absolute Gasteiger partial charge is 0.326 e. The van der Waals surface area contributed by atoms with Crippen LogP contribution in [0.1, 0.15) is 16.8 Å². The summed E-state index contributed by atoms with van der Waals surface area (Å²) in [6.07, 6.45) is 2.41. The van der Waals surface area contributed by atoms with E-state index in [9.17, 15) is 14.4 Å². The van der Waals surface area contributed by atoms with E-state index in [1.54, 1.807) is 18.2 Å². The molecule has 21 heavy (non-hydrogen) atoms. The van der Waals surface area contributed by atoms with E-state index < -0.39 is 30.1 Å². The number of nitrogens with zero attached hydrogens (tertiary/aromatic N) is 2. The second-order valence-corrected chi connectivity index (χ2v) is 4.28. The summed E-state index contributed by atoms with van der Waals surface area (Å²) in [5.41, 5.74) is -0.474. The quantitative estimate of drug-likeness (QED) is 0.667. The van der Waals surface area contributed by atoms with E-state index in [2.05, 4.69) is 10.3 Å². The topological polar surface area (TPSA) is 121 Å². The van der Waals surface area contributed by atoms with Gasteiger partial charge in [-0.15, -0.1) is 0 Å². The number of carbonyl (C=O) groups excluding carboxylic acids is 1. The lowest BCUT2D eigenvalue weighted by atomic mass is 10.2. The van der Waals surface area contributed by atoms with Gasteiger partial charge < -0.3 is 15.5 Å². The highest BCUT2D eigenvalue weighted by atomic mass is 16.4. The summed E-state index contributed by atoms with van der Waals surface area (Å²) in [7, 11) is 0. The first-order chi connectivity index (χ1) is 10.0. The van der Waals surface area contributed by atoms with Gasteiger partial charge in [-0.2, -0.15) is 0 Å². The standard InChI is InChI=1S/C13H13N3O5/c17-6-4-9(13(20)21)15-11(18)8-7-14-10-3-1-2-5-16(10)12(8)19/h1-3,5,7,9,17H,4,6H2,(H,15,18)(H,20,21). The summed E-state index contributed by atoms with van der Waals surface area (Å²) in [4.78, 5) is 39.0. The zero-order valence-electron chi connectivity index (χ0n) is 10.9. The Kier molecular flexibility index (Phi) is 4.29. The molecule has 0 fully saturated rings. The number of rotatable bonds is 5. The molecule has 0 radical (unpaired) electrons. The molecule has 0 bridgehead atoms. The highest BCUT2D eigenvalue weighted by Crippen LogP contribution is 1.99. The zero-order valence-corrected chi connectivity index (χ0v) is 10.9. The average molecular weight is 291 g/mol. The summed E-state index contributed by atoms with van der Waals surface area (Å²) in [5, 5.41) is 19.9. The number of carbonyl (C=O) groups is 2. The lowest BCUT2D eigenvalue weighted by Gasteiger charge is -2.12. The third-order valence-corrected chi connectivity index (χ3v) is 2.88. The second kappa shape index (κ2) is 6.14. The highest BCUT2D eigenvalue weighted by Gasteiger charge is 2.22. The van der Waals surface area contributed by atoms with Gasteiger partial charge in [-0.05, 0) is 12.1 Å². The minimum Gasteiger partial charge on any atom is -0.480 e. The molecule has 2 aromatic heterocycles. The van der Waals surface area contributed by atoms with Crippen molar-refractivity contribution in [2.45, 2.75) is 12.5 Å². The fraction of sp³-hybridized carbons (Fsp3) is 0.231. The maximum atomic E-state index is 12.1. The van der Waals surface area contributed by atoms with Crippen LogP contribution in [0.2, 0.25) is 0 Å². The molecule has 1 atom stereocenters. The van der Waals surface area contributed by atoms with Crippen molar-refractivity contribution in [3.8, 4) is 0 Å². The highest BCUT2D eigenvalue weighted by molar-refractivity contribution is 5.96. The molecule has 110 valence electrons. The Morgan fingerprint density at radius 3 is 2.81 bits per heavy atom. The molecule has 0 saturated carbocycles. The second-order valence-electron chi connectivity index (χ2n) is 4.28. The number of carboxylic acid groups (broad SMARTS) is 1. The number of amides is 1. The third-order valence-electron chi connectivity index (χ3n) is 2.88. The first-order valence-electron chi connectivity index (χ1n) is 6.15. The molecule has 0 spiro atoms. The molecule has 0 aliphatic heterocycles. The summed E-state index contributed by atoms with van der Waals surface area (Å²) in [5.74, 6) is -2.13. The predicted molar refractivity (Wildman–Crippen MR) is 72.1 cm³/mol. The molecule has 1 amide bonds. The Morgan fingerprint density at radius 1 is 1.38 bits per heavy atom. The van der Waals surface area contributed by atoms with E-state index in [1.807, 2.05) is 0 Å². The normalized spacial score (nSPS) is 12.0. The van der Waals surface area contributed by atoms with Gasteiger partial charge in [-0.25, -0.2) is 9.78 Å². The van der Waals surface area contributed by atoms with Gasteiger partial charge in [-0.1, -0.05) is 6.07 Å². The largest absolute Gasteiger partial charge is 0.480 e. The van der Waals surface area contributed by atoms with Crippen LogP contribution in [0.4, 0.5) is 0 Å². The molecule has 3 N–H and O–H groups in total. The Morgan fingerprint density at radius 2 is 2.14 bits per heavy atom. The van der Waals surface area contributed by atoms with E-state index in [-0.39, 0.29) is 12.0 Å². The fourth-order valence-electron chi connectivity index (χ4n) is 1.80. The van der Waals surface area contributed by atoms with E-state index >= 15 is 0 Å². The maximum Gasteiger partial charge on any atom is 0.326 e. The summed E-state index contributed by atoms with van der Waals surface area (Å²) < 4.78 is 1.19. The van der Waals surface area contributed by atoms with Gasteiger partial charge in [0.2, 0.25) is 0 Å². The molecule has 0 aliphatic carbocycles. The molecular formula is C13H13N3O5. The lowest BCUT2D eigenvalue weighted by Crippen LogP contribution is -2.43. The van der Waals surface area contributed by atoms with Crippen LogP contribution in [-0.2, 0) is 4.79 Å². The number of aliphatic carboxylic acids is 1. The van der Waals surface area contributed by atoms with Gasteiger partial charge in [0.15, 0.2) is 0 Å². The van der Waals surface area contributed by atoms with Gasteiger partial charge in [0.05, 0.1) is 0 Å². The minimum absolute atomic E-state index is 0.149. The van der Waals surface area contributed by atoms with Crippen molar-refractivity contribution in [1.82, 2.24) is 14.7 Å². The van der Waals surface area contributed by atoms with Gasteiger partial charge in [0, 0.05) is 25.4 Å². The van der Waals surface area contributed by atoms with Crippen molar-refractivity contribution < 1.29 is 19.8 Å². The number of carboxylic acids is 1. The van der Waals surface area contributed by atoms with Crippen molar-refractivity contribution in [1.29, 1.82) is 0 Å². The van der Waals surface area contributed by atoms with E-state index in [0.717, 1.165) is 6.20 Å². The molecular weight excluding hydrogens is 278 g/mol. The van der Waals surface area contributed by atoms with Crippen LogP contribution in [0.25, 0.3) is 5.65 Å². The molecule has 1 unspecified atom stereocenters. The molecule has 0 aromatic carbocycles. The van der Waals surface area contributed by atoms with Crippen LogP contribution in [0, 0.1) is 0 Å². The number of hydrogen-bond donors (Lipinski definition) is 3. The SMILES string of the molecule is O=C(NC(CCO)C(=O)O)c1cnc2ccccn2c1=O. The zero-order chi connectivity index (χ0) is 15.4. The van der Waals surface area contributed by atoms with E-state index in [4.69, 9.17) is 10.2 Å². The number of nitrogens with one attached hydrogen (secondary N) is 1. The summed E-state index contributed by atoms with van der Waals surface area (Å²) in [6, 6.07) is 3.65. The van der Waals surface area contributed by atoms with Crippen molar-refractivity contribution in [2.24, 2.45) is 0 Å². The van der Waals surface area contributed by atoms with Gasteiger partial charge >= 0.3 is 5.97 Å². The van der Waals surface area contributed by atoms with Crippen LogP contribution >= 0.6 is 0 Å². The molecule has 8 heteroatoms. The van der Waals surface area contributed by atoms with Crippen LogP contribution in [0.3, 0.4) is 0 Å². The first-order valence-corrected chi connectivity index (χ1v) is 6.15. The van der Waals surface area contributed by atoms with Crippen molar-refractivity contribution >= 4 is 17.5 Å². The molecule has 0 saturated heterocycles. The Bertz CT molecular complexity index is 740. The van der Waals surface area contributed by atoms with Crippen molar-refractivity contribution in [3.05, 3.63) is 46.5 Å². The van der Waals surface area contributed by atoms with E-state index in [0.29, 0.717) is 5.65 Å². The lowest BCUT2D eigenvalue weighted by molar-refractivity contribution is -0.139. The van der Waals surface area contributed by atoms with Gasteiger partial charge in [0.25, 0.3) is 11.5 Å². The van der Waals surface area contributed by atoms with Crippen molar-refractivity contribution in [3.63, 3.8) is 0 Å². The van der Waals surface area contributed by atoms with Crippen LogP contribution in [-0.4, -0.2) is 44.1 Å². The third kappa shape index (κ3) is 3.06. The average Bonchev–Trinajstić information content (AvgIpc) is 2.47. The molecule has 2 rings (SSSR count). The maximum absolute atomic E-state index is 12.1. The van der Waals surface area contributed by atoms with Crippen LogP contribution in [0.5, 0.6) is 0 Å². The predicted octanol–water partition coefficient (Wildman–Crippen LogP) is -0.740. The molecule has 2 heterocycles. The monoisotopic (exact) mass is 291 g/mol. The van der Waals surface area contributed by atoms with Gasteiger partial charge in [0.1, 0.15) is 17.3 Å². The first kappa shape index (κ1) is 14.7. The number of fused-ring (bicyclic) bond motifs is 1. The Labute approximate surface area is 118 Å². The fourth-order valence-corrected chi connectivity index (χ4v) is 1.80. The molecule has 8 nitrogen and oxygen atoms in total. The van der Waals surface area contributed by atoms with Gasteiger partial charge in [-0.3, -0.25) is 14.0 Å². The van der Waals surface area contributed by atoms with E-state index in [1.165, 1.54) is 10.6 Å². The molecule has 0 aliphatic rings. The van der Waals surface area contributed by atoms with Crippen LogP contribution < -0.4 is 10.9 Å². The number of aromatic nitrogens is 2. The molecule has 2 aromatic rings. The number of aliphatic hydroxyl groups excluding tert-OH is 1. The minimum atomic E-state index is -1.29. The Balaban J connectivity index is 2.33. The number of hydrogen-bond acceptors (Lipinski definition) is 5. The van der Waals surface area contributed by atoms with Crippen LogP contribution in [0.15, 0.2) is 35.4 Å². The Hall–Kier alpha value is -2.74.